The molecule has 20 heavy (non-hydrogen) atoms. The molecule has 1 aromatic rings. The van der Waals surface area contributed by atoms with Crippen molar-refractivity contribution in [2.75, 3.05) is 39.1 Å². The third-order valence-electron chi connectivity index (χ3n) is 3.07. The highest BCUT2D eigenvalue weighted by molar-refractivity contribution is 5.95. The Morgan fingerprint density at radius 1 is 1.35 bits per heavy atom. The first-order chi connectivity index (χ1) is 9.53. The number of anilines is 1. The van der Waals surface area contributed by atoms with Crippen molar-refractivity contribution in [3.63, 3.8) is 0 Å². The van der Waals surface area contributed by atoms with E-state index < -0.39 is 11.8 Å². The predicted molar refractivity (Wildman–Crippen MR) is 75.4 cm³/mol. The summed E-state index contributed by atoms with van der Waals surface area (Å²) in [7, 11) is 1.24. The Morgan fingerprint density at radius 3 is 2.55 bits per heavy atom. The molecular weight excluding hydrogens is 263 g/mol. The van der Waals surface area contributed by atoms with E-state index in [1.807, 2.05) is 13.8 Å². The molecule has 0 radical (unpaired) electrons. The number of ether oxygens (including phenoxy) is 2. The van der Waals surface area contributed by atoms with E-state index in [-0.39, 0.29) is 17.0 Å². The van der Waals surface area contributed by atoms with E-state index in [0.717, 1.165) is 19.2 Å². The second kappa shape index (κ2) is 7.69. The number of nitrogens with two attached hydrogens (primary N) is 1. The van der Waals surface area contributed by atoms with Crippen molar-refractivity contribution in [1.82, 2.24) is 4.90 Å². The van der Waals surface area contributed by atoms with Gasteiger partial charge in [-0.15, -0.1) is 0 Å². The van der Waals surface area contributed by atoms with Crippen LogP contribution in [0, 0.1) is 5.82 Å². The number of halogens is 1. The maximum atomic E-state index is 13.7. The number of rotatable bonds is 7. The van der Waals surface area contributed by atoms with Gasteiger partial charge in [-0.3, -0.25) is 0 Å². The Hall–Kier alpha value is -1.82. The molecule has 0 aliphatic rings. The summed E-state index contributed by atoms with van der Waals surface area (Å²) in [4.78, 5) is 13.6. The first-order valence-electron chi connectivity index (χ1n) is 6.55. The molecule has 0 saturated heterocycles. The Morgan fingerprint density at radius 2 is 2.00 bits per heavy atom. The molecule has 0 aliphatic carbocycles. The van der Waals surface area contributed by atoms with Crippen molar-refractivity contribution in [3.05, 3.63) is 23.5 Å². The van der Waals surface area contributed by atoms with E-state index in [0.29, 0.717) is 13.2 Å². The first-order valence-corrected chi connectivity index (χ1v) is 6.55. The molecule has 0 atom stereocenters. The van der Waals surface area contributed by atoms with Crippen LogP contribution in [-0.4, -0.2) is 44.2 Å². The number of benzene rings is 1. The van der Waals surface area contributed by atoms with Crippen molar-refractivity contribution >= 4 is 11.7 Å². The second-order valence-electron chi connectivity index (χ2n) is 4.24. The van der Waals surface area contributed by atoms with Gasteiger partial charge in [0, 0.05) is 18.3 Å². The van der Waals surface area contributed by atoms with Crippen molar-refractivity contribution in [1.29, 1.82) is 0 Å². The lowest BCUT2D eigenvalue weighted by molar-refractivity contribution is 0.0601. The van der Waals surface area contributed by atoms with Crippen LogP contribution in [0.1, 0.15) is 24.2 Å². The van der Waals surface area contributed by atoms with Crippen LogP contribution >= 0.6 is 0 Å². The lowest BCUT2D eigenvalue weighted by Gasteiger charge is -2.18. The smallest absolute Gasteiger partial charge is 0.340 e. The summed E-state index contributed by atoms with van der Waals surface area (Å²) in [5, 5.41) is 0. The molecule has 0 spiro atoms. The summed E-state index contributed by atoms with van der Waals surface area (Å²) >= 11 is 0. The van der Waals surface area contributed by atoms with Crippen molar-refractivity contribution in [2.24, 2.45) is 0 Å². The van der Waals surface area contributed by atoms with Crippen LogP contribution < -0.4 is 10.5 Å². The minimum absolute atomic E-state index is 0.00626. The predicted octanol–water partition coefficient (Wildman–Crippen LogP) is 1.92. The van der Waals surface area contributed by atoms with Gasteiger partial charge >= 0.3 is 5.97 Å². The number of esters is 1. The maximum absolute atomic E-state index is 13.7. The van der Waals surface area contributed by atoms with Gasteiger partial charge in [-0.25, -0.2) is 9.18 Å². The van der Waals surface area contributed by atoms with Crippen molar-refractivity contribution < 1.29 is 18.7 Å². The second-order valence-corrected chi connectivity index (χ2v) is 4.24. The van der Waals surface area contributed by atoms with Gasteiger partial charge in [0.1, 0.15) is 6.61 Å². The number of hydrogen-bond donors (Lipinski definition) is 1. The number of methoxy groups -OCH3 is 1. The van der Waals surface area contributed by atoms with Gasteiger partial charge in [0.15, 0.2) is 11.6 Å². The van der Waals surface area contributed by atoms with Crippen molar-refractivity contribution in [3.8, 4) is 5.75 Å². The van der Waals surface area contributed by atoms with E-state index in [1.165, 1.54) is 13.2 Å². The lowest BCUT2D eigenvalue weighted by Crippen LogP contribution is -2.28. The fourth-order valence-corrected chi connectivity index (χ4v) is 1.79. The van der Waals surface area contributed by atoms with Crippen LogP contribution in [-0.2, 0) is 4.74 Å². The highest BCUT2D eigenvalue weighted by atomic mass is 19.1. The van der Waals surface area contributed by atoms with E-state index in [1.54, 1.807) is 0 Å². The normalized spacial score (nSPS) is 10.7. The van der Waals surface area contributed by atoms with Gasteiger partial charge in [-0.05, 0) is 19.2 Å². The Labute approximate surface area is 118 Å². The number of carbonyl (C=O) groups excluding carboxylic acids is 1. The van der Waals surface area contributed by atoms with Gasteiger partial charge in [0.25, 0.3) is 0 Å². The molecule has 0 bridgehead atoms. The van der Waals surface area contributed by atoms with Gasteiger partial charge in [0.05, 0.1) is 12.7 Å². The van der Waals surface area contributed by atoms with Crippen LogP contribution in [0.2, 0.25) is 0 Å². The molecular formula is C14H21FN2O3. The van der Waals surface area contributed by atoms with Gasteiger partial charge < -0.3 is 20.1 Å². The number of hydrogen-bond acceptors (Lipinski definition) is 5. The standard InChI is InChI=1S/C14H21FN2O3/c1-4-17(5-2)6-7-20-13-8-10(14(18)19-3)12(16)9-11(13)15/h8-9H,4-7,16H2,1-3H3. The summed E-state index contributed by atoms with van der Waals surface area (Å²) in [6, 6.07) is 2.34. The molecule has 1 aromatic carbocycles. The summed E-state index contributed by atoms with van der Waals surface area (Å²) < 4.78 is 23.7. The summed E-state index contributed by atoms with van der Waals surface area (Å²) in [6.45, 7) is 6.91. The van der Waals surface area contributed by atoms with Crippen LogP contribution in [0.5, 0.6) is 5.75 Å². The molecule has 0 aliphatic heterocycles. The number of nitrogens with zero attached hydrogens (tertiary/aromatic N) is 1. The molecule has 6 heteroatoms. The van der Waals surface area contributed by atoms with Crippen LogP contribution in [0.3, 0.4) is 0 Å². The molecule has 5 nitrogen and oxygen atoms in total. The van der Waals surface area contributed by atoms with Gasteiger partial charge in [-0.1, -0.05) is 13.8 Å². The van der Waals surface area contributed by atoms with E-state index in [9.17, 15) is 9.18 Å². The molecule has 2 N–H and O–H groups in total. The van der Waals surface area contributed by atoms with Crippen LogP contribution in [0.15, 0.2) is 12.1 Å². The molecule has 0 amide bonds. The van der Waals surface area contributed by atoms with Crippen LogP contribution in [0.4, 0.5) is 10.1 Å². The molecule has 1 rings (SSSR count). The summed E-state index contributed by atoms with van der Waals surface area (Å²) in [5.41, 5.74) is 5.72. The van der Waals surface area contributed by atoms with Gasteiger partial charge in [0.2, 0.25) is 0 Å². The maximum Gasteiger partial charge on any atom is 0.340 e. The minimum Gasteiger partial charge on any atom is -0.489 e. The highest BCUT2D eigenvalue weighted by Gasteiger charge is 2.15. The number of carbonyl (C=O) groups is 1. The Kier molecular flexibility index (Phi) is 6.24. The molecule has 0 unspecified atom stereocenters. The molecule has 112 valence electrons. The summed E-state index contributed by atoms with van der Waals surface area (Å²) in [5.74, 6) is -1.20. The monoisotopic (exact) mass is 284 g/mol. The largest absolute Gasteiger partial charge is 0.489 e. The zero-order chi connectivity index (χ0) is 15.1. The molecule has 0 heterocycles. The Bertz CT molecular complexity index is 462. The third-order valence-corrected chi connectivity index (χ3v) is 3.07. The minimum atomic E-state index is -0.615. The summed E-state index contributed by atoms with van der Waals surface area (Å²) in [6.07, 6.45) is 0. The van der Waals surface area contributed by atoms with Gasteiger partial charge in [-0.2, -0.15) is 0 Å². The van der Waals surface area contributed by atoms with Crippen molar-refractivity contribution in [2.45, 2.75) is 13.8 Å². The lowest BCUT2D eigenvalue weighted by atomic mass is 10.1. The number of nitrogen functional groups attached to an aromatic ring is 1. The molecule has 0 aromatic heterocycles. The molecule has 0 saturated carbocycles. The first kappa shape index (κ1) is 16.2. The highest BCUT2D eigenvalue weighted by Crippen LogP contribution is 2.24. The third kappa shape index (κ3) is 4.09. The zero-order valence-electron chi connectivity index (χ0n) is 12.1. The average Bonchev–Trinajstić information content (AvgIpc) is 2.44. The fraction of sp³-hybridized carbons (Fsp3) is 0.500. The quantitative estimate of drug-likeness (QED) is 0.612. The zero-order valence-corrected chi connectivity index (χ0v) is 12.1. The Balaban J connectivity index is 2.77. The molecule has 0 fully saturated rings. The fourth-order valence-electron chi connectivity index (χ4n) is 1.79. The van der Waals surface area contributed by atoms with E-state index >= 15 is 0 Å². The average molecular weight is 284 g/mol. The number of likely N-dealkylation sites (N-methyl/N-ethyl adjacent to an activating group) is 1. The van der Waals surface area contributed by atoms with E-state index in [2.05, 4.69) is 9.64 Å². The van der Waals surface area contributed by atoms with E-state index in [4.69, 9.17) is 10.5 Å². The van der Waals surface area contributed by atoms with Crippen LogP contribution in [0.25, 0.3) is 0 Å². The SMILES string of the molecule is CCN(CC)CCOc1cc(C(=O)OC)c(N)cc1F. The topological polar surface area (TPSA) is 64.8 Å².